The molecule has 0 bridgehead atoms. The van der Waals surface area contributed by atoms with Gasteiger partial charge in [-0.05, 0) is 43.9 Å². The average Bonchev–Trinajstić information content (AvgIpc) is 2.76. The van der Waals surface area contributed by atoms with Gasteiger partial charge in [0, 0.05) is 36.9 Å². The van der Waals surface area contributed by atoms with Gasteiger partial charge in [-0.15, -0.1) is 0 Å². The third kappa shape index (κ3) is 3.03. The first-order valence-electron chi connectivity index (χ1n) is 8.29. The van der Waals surface area contributed by atoms with Crippen molar-refractivity contribution in [3.05, 3.63) is 29.1 Å². The SMILES string of the molecule is Cc1cnc2[nH]c(C(C)C)c(CN3C[C@@H](C)O[C@@H](C)C3)c2c1. The van der Waals surface area contributed by atoms with Crippen LogP contribution in [0.5, 0.6) is 0 Å². The van der Waals surface area contributed by atoms with Crippen LogP contribution in [0.2, 0.25) is 0 Å². The van der Waals surface area contributed by atoms with Gasteiger partial charge in [-0.25, -0.2) is 4.98 Å². The maximum Gasteiger partial charge on any atom is 0.137 e. The van der Waals surface area contributed by atoms with Crippen molar-refractivity contribution in [2.24, 2.45) is 0 Å². The molecule has 2 atom stereocenters. The van der Waals surface area contributed by atoms with Crippen molar-refractivity contribution in [2.45, 2.75) is 59.3 Å². The molecule has 0 unspecified atom stereocenters. The Bertz CT molecular complexity index is 652. The molecule has 0 amide bonds. The second-order valence-corrected chi connectivity index (χ2v) is 7.03. The number of aryl methyl sites for hydroxylation is 1. The molecule has 1 saturated heterocycles. The van der Waals surface area contributed by atoms with Crippen LogP contribution in [0, 0.1) is 6.92 Å². The van der Waals surface area contributed by atoms with Crippen molar-refractivity contribution < 1.29 is 4.74 Å². The fourth-order valence-corrected chi connectivity index (χ4v) is 3.55. The van der Waals surface area contributed by atoms with E-state index in [4.69, 9.17) is 4.74 Å². The molecular formula is C18H27N3O. The van der Waals surface area contributed by atoms with Crippen molar-refractivity contribution >= 4 is 11.0 Å². The zero-order valence-corrected chi connectivity index (χ0v) is 14.3. The van der Waals surface area contributed by atoms with E-state index in [9.17, 15) is 0 Å². The molecule has 1 aliphatic heterocycles. The third-order valence-electron chi connectivity index (χ3n) is 4.38. The second-order valence-electron chi connectivity index (χ2n) is 7.03. The lowest BCUT2D eigenvalue weighted by Crippen LogP contribution is -2.44. The molecule has 0 aromatic carbocycles. The normalized spacial score (nSPS) is 23.5. The van der Waals surface area contributed by atoms with Crippen LogP contribution in [0.25, 0.3) is 11.0 Å². The van der Waals surface area contributed by atoms with Gasteiger partial charge < -0.3 is 9.72 Å². The number of pyridine rings is 1. The largest absolute Gasteiger partial charge is 0.373 e. The lowest BCUT2D eigenvalue weighted by Gasteiger charge is -2.35. The molecule has 0 spiro atoms. The Hall–Kier alpha value is -1.39. The number of aromatic amines is 1. The first-order valence-corrected chi connectivity index (χ1v) is 8.29. The molecule has 4 heteroatoms. The number of fused-ring (bicyclic) bond motifs is 1. The summed E-state index contributed by atoms with van der Waals surface area (Å²) in [5, 5.41) is 1.27. The first-order chi connectivity index (χ1) is 10.4. The van der Waals surface area contributed by atoms with E-state index < -0.39 is 0 Å². The van der Waals surface area contributed by atoms with Gasteiger partial charge >= 0.3 is 0 Å². The van der Waals surface area contributed by atoms with E-state index >= 15 is 0 Å². The third-order valence-corrected chi connectivity index (χ3v) is 4.38. The summed E-state index contributed by atoms with van der Waals surface area (Å²) in [6, 6.07) is 2.26. The number of H-pyrrole nitrogens is 1. The Balaban J connectivity index is 1.97. The summed E-state index contributed by atoms with van der Waals surface area (Å²) in [6.07, 6.45) is 2.54. The summed E-state index contributed by atoms with van der Waals surface area (Å²) in [5.74, 6) is 0.473. The molecule has 3 heterocycles. The second kappa shape index (κ2) is 6.01. The fourth-order valence-electron chi connectivity index (χ4n) is 3.55. The highest BCUT2D eigenvalue weighted by atomic mass is 16.5. The number of morpholine rings is 1. The van der Waals surface area contributed by atoms with Gasteiger partial charge in [0.15, 0.2) is 0 Å². The van der Waals surface area contributed by atoms with Gasteiger partial charge in [-0.1, -0.05) is 13.8 Å². The molecule has 1 N–H and O–H groups in total. The summed E-state index contributed by atoms with van der Waals surface area (Å²) in [5.41, 5.74) is 4.95. The van der Waals surface area contributed by atoms with E-state index in [1.165, 1.54) is 22.2 Å². The first kappa shape index (κ1) is 15.5. The Morgan fingerprint density at radius 2 is 2.00 bits per heavy atom. The van der Waals surface area contributed by atoms with Crippen molar-refractivity contribution in [3.63, 3.8) is 0 Å². The zero-order valence-electron chi connectivity index (χ0n) is 14.3. The number of ether oxygens (including phenoxy) is 1. The molecule has 2 aromatic rings. The Labute approximate surface area is 132 Å². The highest BCUT2D eigenvalue weighted by Crippen LogP contribution is 2.29. The number of nitrogens with zero attached hydrogens (tertiary/aromatic N) is 2. The van der Waals surface area contributed by atoms with Crippen LogP contribution in [0.4, 0.5) is 0 Å². The van der Waals surface area contributed by atoms with E-state index in [-0.39, 0.29) is 0 Å². The van der Waals surface area contributed by atoms with Crippen LogP contribution < -0.4 is 0 Å². The highest BCUT2D eigenvalue weighted by molar-refractivity contribution is 5.82. The molecular weight excluding hydrogens is 274 g/mol. The summed E-state index contributed by atoms with van der Waals surface area (Å²) in [4.78, 5) is 10.6. The molecule has 3 rings (SSSR count). The van der Waals surface area contributed by atoms with Crippen molar-refractivity contribution in [3.8, 4) is 0 Å². The van der Waals surface area contributed by atoms with Crippen molar-refractivity contribution in [1.82, 2.24) is 14.9 Å². The number of hydrogen-bond donors (Lipinski definition) is 1. The van der Waals surface area contributed by atoms with Crippen molar-refractivity contribution in [2.75, 3.05) is 13.1 Å². The quantitative estimate of drug-likeness (QED) is 0.941. The molecule has 0 saturated carbocycles. The van der Waals surface area contributed by atoms with Gasteiger partial charge in [-0.3, -0.25) is 4.90 Å². The number of hydrogen-bond acceptors (Lipinski definition) is 3. The van der Waals surface area contributed by atoms with Gasteiger partial charge in [0.05, 0.1) is 12.2 Å². The highest BCUT2D eigenvalue weighted by Gasteiger charge is 2.24. The standard InChI is InChI=1S/C18H27N3O/c1-11(2)17-16(10-21-8-13(4)22-14(5)9-21)15-6-12(3)7-19-18(15)20-17/h6-7,11,13-14H,8-10H2,1-5H3,(H,19,20)/t13-,14+. The lowest BCUT2D eigenvalue weighted by atomic mass is 10.0. The minimum Gasteiger partial charge on any atom is -0.373 e. The van der Waals surface area contributed by atoms with Crippen LogP contribution in [-0.4, -0.2) is 40.2 Å². The summed E-state index contributed by atoms with van der Waals surface area (Å²) >= 11 is 0. The summed E-state index contributed by atoms with van der Waals surface area (Å²) in [6.45, 7) is 13.9. The molecule has 1 aliphatic rings. The number of rotatable bonds is 3. The van der Waals surface area contributed by atoms with Crippen LogP contribution in [0.3, 0.4) is 0 Å². The molecule has 0 radical (unpaired) electrons. The van der Waals surface area contributed by atoms with Gasteiger partial charge in [0.2, 0.25) is 0 Å². The molecule has 120 valence electrons. The lowest BCUT2D eigenvalue weighted by molar-refractivity contribution is -0.0704. The van der Waals surface area contributed by atoms with Crippen LogP contribution in [-0.2, 0) is 11.3 Å². The minimum absolute atomic E-state index is 0.302. The van der Waals surface area contributed by atoms with Gasteiger partial charge in [0.1, 0.15) is 5.65 Å². The maximum absolute atomic E-state index is 5.86. The summed E-state index contributed by atoms with van der Waals surface area (Å²) in [7, 11) is 0. The molecule has 2 aromatic heterocycles. The van der Waals surface area contributed by atoms with Crippen LogP contribution in [0.1, 0.15) is 50.4 Å². The average molecular weight is 301 g/mol. The van der Waals surface area contributed by atoms with E-state index in [0.29, 0.717) is 18.1 Å². The molecule has 4 nitrogen and oxygen atoms in total. The Morgan fingerprint density at radius 3 is 2.64 bits per heavy atom. The Morgan fingerprint density at radius 1 is 1.32 bits per heavy atom. The molecule has 0 aliphatic carbocycles. The van der Waals surface area contributed by atoms with Crippen LogP contribution >= 0.6 is 0 Å². The zero-order chi connectivity index (χ0) is 15.9. The molecule has 22 heavy (non-hydrogen) atoms. The van der Waals surface area contributed by atoms with E-state index in [2.05, 4.69) is 55.6 Å². The van der Waals surface area contributed by atoms with Gasteiger partial charge in [-0.2, -0.15) is 0 Å². The predicted molar refractivity (Wildman–Crippen MR) is 90.2 cm³/mol. The van der Waals surface area contributed by atoms with Crippen LogP contribution in [0.15, 0.2) is 12.3 Å². The van der Waals surface area contributed by atoms with Gasteiger partial charge in [0.25, 0.3) is 0 Å². The van der Waals surface area contributed by atoms with E-state index in [1.807, 2.05) is 6.20 Å². The molecule has 1 fully saturated rings. The maximum atomic E-state index is 5.86. The monoisotopic (exact) mass is 301 g/mol. The number of aromatic nitrogens is 2. The Kier molecular flexibility index (Phi) is 4.24. The number of nitrogens with one attached hydrogen (secondary N) is 1. The predicted octanol–water partition coefficient (Wildman–Crippen LogP) is 3.60. The topological polar surface area (TPSA) is 41.2 Å². The van der Waals surface area contributed by atoms with E-state index in [1.54, 1.807) is 0 Å². The minimum atomic E-state index is 0.302. The van der Waals surface area contributed by atoms with E-state index in [0.717, 1.165) is 25.3 Å². The van der Waals surface area contributed by atoms with Crippen molar-refractivity contribution in [1.29, 1.82) is 0 Å². The fraction of sp³-hybridized carbons (Fsp3) is 0.611. The summed E-state index contributed by atoms with van der Waals surface area (Å²) < 4.78 is 5.86. The smallest absolute Gasteiger partial charge is 0.137 e.